The van der Waals surface area contributed by atoms with Crippen LogP contribution < -0.4 is 4.57 Å². The molecular formula is C12H9BF4N4S. The molecule has 4 nitrogen and oxygen atoms in total. The molecule has 114 valence electrons. The fourth-order valence-electron chi connectivity index (χ4n) is 1.54. The van der Waals surface area contributed by atoms with Crippen LogP contribution in [0.3, 0.4) is 0 Å². The van der Waals surface area contributed by atoms with Crippen LogP contribution in [0.2, 0.25) is 0 Å². The van der Waals surface area contributed by atoms with Gasteiger partial charge in [0, 0.05) is 10.9 Å². The number of halogens is 4. The van der Waals surface area contributed by atoms with Crippen LogP contribution in [0.1, 0.15) is 18.3 Å². The van der Waals surface area contributed by atoms with Gasteiger partial charge >= 0.3 is 12.9 Å². The van der Waals surface area contributed by atoms with Crippen molar-refractivity contribution in [2.24, 2.45) is 0 Å². The number of aromatic nitrogens is 2. The van der Waals surface area contributed by atoms with Gasteiger partial charge in [-0.05, 0) is 18.4 Å². The molecule has 0 aliphatic carbocycles. The second kappa shape index (κ2) is 7.52. The summed E-state index contributed by atoms with van der Waals surface area (Å²) < 4.78 is 40.7. The fourth-order valence-corrected chi connectivity index (χ4v) is 2.19. The van der Waals surface area contributed by atoms with Crippen LogP contribution >= 0.6 is 11.3 Å². The molecule has 0 saturated carbocycles. The molecule has 0 saturated heterocycles. The first-order valence-corrected chi connectivity index (χ1v) is 6.89. The van der Waals surface area contributed by atoms with E-state index in [-0.39, 0.29) is 5.69 Å². The molecule has 0 aromatic carbocycles. The predicted molar refractivity (Wildman–Crippen MR) is 73.0 cm³/mol. The second-order valence-electron chi connectivity index (χ2n) is 3.84. The molecular weight excluding hydrogens is 319 g/mol. The van der Waals surface area contributed by atoms with Crippen molar-refractivity contribution >= 4 is 18.6 Å². The van der Waals surface area contributed by atoms with Gasteiger partial charge in [0.05, 0.1) is 0 Å². The van der Waals surface area contributed by atoms with E-state index in [4.69, 9.17) is 10.5 Å². The first-order valence-electron chi connectivity index (χ1n) is 5.94. The number of hydrogen-bond donors (Lipinski definition) is 0. The van der Waals surface area contributed by atoms with E-state index in [0.717, 1.165) is 11.3 Å². The zero-order chi connectivity index (χ0) is 16.8. The van der Waals surface area contributed by atoms with Gasteiger partial charge in [0.15, 0.2) is 12.3 Å². The topological polar surface area (TPSA) is 64.3 Å². The first-order chi connectivity index (χ1) is 10.3. The minimum absolute atomic E-state index is 0.179. The van der Waals surface area contributed by atoms with Crippen LogP contribution in [0.4, 0.5) is 17.3 Å². The van der Waals surface area contributed by atoms with Crippen molar-refractivity contribution in [2.45, 2.75) is 13.5 Å². The number of nitriles is 2. The quantitative estimate of drug-likeness (QED) is 0.483. The lowest BCUT2D eigenvalue weighted by Crippen LogP contribution is -2.37. The lowest BCUT2D eigenvalue weighted by atomic mass is 10.2. The molecule has 0 aliphatic rings. The van der Waals surface area contributed by atoms with Gasteiger partial charge in [-0.2, -0.15) is 26.4 Å². The molecule has 0 fully saturated rings. The summed E-state index contributed by atoms with van der Waals surface area (Å²) in [5, 5.41) is 22.0. The number of thiophene rings is 1. The Kier molecular flexibility index (Phi) is 6.02. The monoisotopic (exact) mass is 328 g/mol. The van der Waals surface area contributed by atoms with Gasteiger partial charge in [-0.3, -0.25) is 0 Å². The summed E-state index contributed by atoms with van der Waals surface area (Å²) in [6.07, 6.45) is 1.81. The van der Waals surface area contributed by atoms with Crippen LogP contribution in [0, 0.1) is 22.7 Å². The molecule has 0 unspecified atom stereocenters. The van der Waals surface area contributed by atoms with Crippen LogP contribution in [-0.4, -0.2) is 12.2 Å². The Balaban J connectivity index is 0.000000422. The van der Waals surface area contributed by atoms with E-state index in [1.54, 1.807) is 22.1 Å². The Bertz CT molecular complexity index is 710. The summed E-state index contributed by atoms with van der Waals surface area (Å²) in [6.45, 7) is 2.57. The maximum absolute atomic E-state index is 9.75. The smallest absolute Gasteiger partial charge is 0.418 e. The van der Waals surface area contributed by atoms with E-state index >= 15 is 0 Å². The molecule has 0 N–H and O–H groups in total. The highest BCUT2D eigenvalue weighted by atomic mass is 32.1. The van der Waals surface area contributed by atoms with E-state index < -0.39 is 7.25 Å². The first kappa shape index (κ1) is 17.6. The van der Waals surface area contributed by atoms with E-state index in [9.17, 15) is 17.3 Å². The van der Waals surface area contributed by atoms with Gasteiger partial charge in [0.2, 0.25) is 5.69 Å². The zero-order valence-electron chi connectivity index (χ0n) is 11.3. The molecule has 2 aromatic rings. The van der Waals surface area contributed by atoms with Crippen LogP contribution in [0.15, 0.2) is 23.0 Å². The van der Waals surface area contributed by atoms with Crippen LogP contribution in [0.5, 0.6) is 0 Å². The van der Waals surface area contributed by atoms with Gasteiger partial charge < -0.3 is 17.3 Å². The highest BCUT2D eigenvalue weighted by Gasteiger charge is 2.21. The predicted octanol–water partition coefficient (Wildman–Crippen LogP) is 3.16. The number of hydrogen-bond acceptors (Lipinski definition) is 4. The van der Waals surface area contributed by atoms with Gasteiger partial charge in [0.25, 0.3) is 0 Å². The Morgan fingerprint density at radius 1 is 1.27 bits per heavy atom. The van der Waals surface area contributed by atoms with E-state index in [2.05, 4.69) is 4.98 Å². The Morgan fingerprint density at radius 2 is 1.91 bits per heavy atom. The van der Waals surface area contributed by atoms with E-state index in [1.165, 1.54) is 0 Å². The van der Waals surface area contributed by atoms with E-state index in [0.29, 0.717) is 12.2 Å². The van der Waals surface area contributed by atoms with Gasteiger partial charge in [0.1, 0.15) is 18.3 Å². The Hall–Kier alpha value is -2.46. The lowest BCUT2D eigenvalue weighted by molar-refractivity contribution is -0.696. The number of rotatable bonds is 2. The van der Waals surface area contributed by atoms with Crippen molar-refractivity contribution in [3.8, 4) is 23.4 Å². The minimum Gasteiger partial charge on any atom is -0.418 e. The molecule has 0 bridgehead atoms. The molecule has 2 rings (SSSR count). The molecule has 0 atom stereocenters. The number of aryl methyl sites for hydroxylation is 1. The normalized spacial score (nSPS) is 10.1. The molecule has 0 spiro atoms. The van der Waals surface area contributed by atoms with Gasteiger partial charge in [-0.1, -0.05) is 0 Å². The average Bonchev–Trinajstić information content (AvgIpc) is 2.98. The van der Waals surface area contributed by atoms with Crippen molar-refractivity contribution < 1.29 is 21.8 Å². The Labute approximate surface area is 128 Å². The largest absolute Gasteiger partial charge is 0.673 e. The summed E-state index contributed by atoms with van der Waals surface area (Å²) in [4.78, 5) is 4.22. The molecule has 0 radical (unpaired) electrons. The maximum Gasteiger partial charge on any atom is 0.673 e. The molecule has 2 aromatic heterocycles. The third kappa shape index (κ3) is 5.15. The van der Waals surface area contributed by atoms with Crippen molar-refractivity contribution in [3.63, 3.8) is 0 Å². The molecule has 0 aliphatic heterocycles. The standard InChI is InChI=1S/C12H9N4S.BF4/c1-2-16-7-11(9-3-4-17-8-9)15-10(5-13)12(16)6-14;2-1(3,4)5/h3-4,7-8H,2H2,1H3;/q+1;-1. The molecule has 10 heteroatoms. The third-order valence-corrected chi connectivity index (χ3v) is 3.07. The number of nitrogens with zero attached hydrogens (tertiary/aromatic N) is 4. The highest BCUT2D eigenvalue weighted by molar-refractivity contribution is 7.08. The van der Waals surface area contributed by atoms with Crippen LogP contribution in [0.25, 0.3) is 11.3 Å². The van der Waals surface area contributed by atoms with Gasteiger partial charge in [-0.15, -0.1) is 0 Å². The van der Waals surface area contributed by atoms with Crippen molar-refractivity contribution in [2.75, 3.05) is 0 Å². The Morgan fingerprint density at radius 3 is 2.32 bits per heavy atom. The van der Waals surface area contributed by atoms with Crippen molar-refractivity contribution in [1.82, 2.24) is 4.98 Å². The third-order valence-electron chi connectivity index (χ3n) is 2.39. The summed E-state index contributed by atoms with van der Waals surface area (Å²) in [5.74, 6) is 0. The highest BCUT2D eigenvalue weighted by Crippen LogP contribution is 2.19. The molecule has 0 amide bonds. The molecule has 2 heterocycles. The summed E-state index contributed by atoms with van der Waals surface area (Å²) in [7, 11) is -6.00. The average molecular weight is 328 g/mol. The van der Waals surface area contributed by atoms with Crippen molar-refractivity contribution in [1.29, 1.82) is 10.5 Å². The fraction of sp³-hybridized carbons (Fsp3) is 0.167. The maximum atomic E-state index is 9.75. The van der Waals surface area contributed by atoms with E-state index in [1.807, 2.05) is 35.9 Å². The summed E-state index contributed by atoms with van der Waals surface area (Å²) >= 11 is 1.57. The second-order valence-corrected chi connectivity index (χ2v) is 4.62. The van der Waals surface area contributed by atoms with Crippen molar-refractivity contribution in [3.05, 3.63) is 34.4 Å². The van der Waals surface area contributed by atoms with Crippen LogP contribution in [-0.2, 0) is 6.54 Å². The van der Waals surface area contributed by atoms with Gasteiger partial charge in [-0.25, -0.2) is 4.98 Å². The lowest BCUT2D eigenvalue weighted by Gasteiger charge is -2.00. The molecule has 22 heavy (non-hydrogen) atoms. The SMILES string of the molecule is CC[n+]1cc(-c2ccsc2)nc(C#N)c1C#N.F[B-](F)(F)F. The minimum atomic E-state index is -6.00. The zero-order valence-corrected chi connectivity index (χ0v) is 12.1. The summed E-state index contributed by atoms with van der Waals surface area (Å²) in [5.41, 5.74) is 2.19. The summed E-state index contributed by atoms with van der Waals surface area (Å²) in [6, 6.07) is 5.94.